The molecule has 0 aromatic rings. The molecule has 76 valence electrons. The zero-order chi connectivity index (χ0) is 9.47. The Kier molecular flexibility index (Phi) is 2.28. The van der Waals surface area contributed by atoms with Gasteiger partial charge in [-0.1, -0.05) is 0 Å². The Balaban J connectivity index is 1.55. The Morgan fingerprint density at radius 3 is 2.38 bits per heavy atom. The van der Waals surface area contributed by atoms with Crippen molar-refractivity contribution in [3.63, 3.8) is 0 Å². The maximum Gasteiger partial charge on any atom is 0.251 e. The molecule has 3 N–H and O–H groups in total. The normalized spacial score (nSPS) is 38.1. The first-order valence-corrected chi connectivity index (χ1v) is 4.92. The minimum atomic E-state index is -2.40. The molecule has 0 unspecified atom stereocenters. The fraction of sp³-hybridized carbons (Fsp3) is 1.00. The summed E-state index contributed by atoms with van der Waals surface area (Å²) in [5.41, 5.74) is 5.62. The standard InChI is InChI=1S/C9H16F2N2/c10-9(11)3-8(4-9)13-5-6-1-7(12)2-6/h6-8,13H,1-5,12H2. The molecule has 2 aliphatic carbocycles. The predicted octanol–water partition coefficient (Wildman–Crippen LogP) is 1.11. The molecule has 13 heavy (non-hydrogen) atoms. The molecule has 0 spiro atoms. The van der Waals surface area contributed by atoms with Gasteiger partial charge in [-0.05, 0) is 25.3 Å². The highest BCUT2D eigenvalue weighted by molar-refractivity contribution is 4.93. The van der Waals surface area contributed by atoms with Crippen molar-refractivity contribution in [2.75, 3.05) is 6.54 Å². The number of hydrogen-bond acceptors (Lipinski definition) is 2. The van der Waals surface area contributed by atoms with Gasteiger partial charge in [0.1, 0.15) is 0 Å². The molecule has 0 saturated heterocycles. The smallest absolute Gasteiger partial charge is 0.251 e. The van der Waals surface area contributed by atoms with Crippen LogP contribution in [0.3, 0.4) is 0 Å². The van der Waals surface area contributed by atoms with Crippen LogP contribution >= 0.6 is 0 Å². The molecule has 0 aromatic heterocycles. The van der Waals surface area contributed by atoms with E-state index in [4.69, 9.17) is 5.73 Å². The van der Waals surface area contributed by atoms with Crippen molar-refractivity contribution in [1.82, 2.24) is 5.32 Å². The van der Waals surface area contributed by atoms with Crippen LogP contribution in [0.5, 0.6) is 0 Å². The lowest BCUT2D eigenvalue weighted by atomic mass is 9.80. The zero-order valence-electron chi connectivity index (χ0n) is 7.60. The fourth-order valence-electron chi connectivity index (χ4n) is 2.09. The Morgan fingerprint density at radius 1 is 1.31 bits per heavy atom. The lowest BCUT2D eigenvalue weighted by molar-refractivity contribution is -0.0936. The van der Waals surface area contributed by atoms with Crippen LogP contribution < -0.4 is 11.1 Å². The lowest BCUT2D eigenvalue weighted by Crippen LogP contribution is -2.51. The largest absolute Gasteiger partial charge is 0.328 e. The summed E-state index contributed by atoms with van der Waals surface area (Å²) in [5, 5.41) is 3.16. The van der Waals surface area contributed by atoms with E-state index in [1.807, 2.05) is 0 Å². The van der Waals surface area contributed by atoms with Crippen LogP contribution in [0.4, 0.5) is 8.78 Å². The first-order chi connectivity index (χ1) is 6.05. The van der Waals surface area contributed by atoms with Gasteiger partial charge in [-0.3, -0.25) is 0 Å². The van der Waals surface area contributed by atoms with Crippen molar-refractivity contribution >= 4 is 0 Å². The van der Waals surface area contributed by atoms with Crippen molar-refractivity contribution < 1.29 is 8.78 Å². The topological polar surface area (TPSA) is 38.0 Å². The number of hydrogen-bond donors (Lipinski definition) is 2. The van der Waals surface area contributed by atoms with Crippen LogP contribution in [-0.2, 0) is 0 Å². The number of nitrogens with two attached hydrogens (primary N) is 1. The third-order valence-corrected chi connectivity index (χ3v) is 3.06. The summed E-state index contributed by atoms with van der Waals surface area (Å²) < 4.78 is 24.8. The van der Waals surface area contributed by atoms with Gasteiger partial charge in [0.15, 0.2) is 0 Å². The molecule has 0 aliphatic heterocycles. The molecular formula is C9H16F2N2. The van der Waals surface area contributed by atoms with Crippen LogP contribution in [0.2, 0.25) is 0 Å². The summed E-state index contributed by atoms with van der Waals surface area (Å²) >= 11 is 0. The van der Waals surface area contributed by atoms with Crippen molar-refractivity contribution in [2.45, 2.75) is 43.7 Å². The Hall–Kier alpha value is -0.220. The van der Waals surface area contributed by atoms with Gasteiger partial charge in [-0.15, -0.1) is 0 Å². The van der Waals surface area contributed by atoms with Crippen LogP contribution in [-0.4, -0.2) is 24.6 Å². The highest BCUT2D eigenvalue weighted by Crippen LogP contribution is 2.37. The summed E-state index contributed by atoms with van der Waals surface area (Å²) in [5.74, 6) is -1.77. The fourth-order valence-corrected chi connectivity index (χ4v) is 2.09. The molecule has 0 heterocycles. The van der Waals surface area contributed by atoms with Crippen LogP contribution in [0, 0.1) is 5.92 Å². The molecule has 2 nitrogen and oxygen atoms in total. The van der Waals surface area contributed by atoms with E-state index in [1.54, 1.807) is 0 Å². The summed E-state index contributed by atoms with van der Waals surface area (Å²) in [6.07, 6.45) is 2.14. The van der Waals surface area contributed by atoms with Crippen LogP contribution in [0.25, 0.3) is 0 Å². The molecule has 2 saturated carbocycles. The molecule has 0 atom stereocenters. The highest BCUT2D eigenvalue weighted by atomic mass is 19.3. The Morgan fingerprint density at radius 2 is 1.92 bits per heavy atom. The van der Waals surface area contributed by atoms with Gasteiger partial charge in [0.05, 0.1) is 0 Å². The third kappa shape index (κ3) is 2.17. The van der Waals surface area contributed by atoms with Crippen molar-refractivity contribution in [3.05, 3.63) is 0 Å². The average molecular weight is 190 g/mol. The van der Waals surface area contributed by atoms with Gasteiger partial charge >= 0.3 is 0 Å². The third-order valence-electron chi connectivity index (χ3n) is 3.06. The molecule has 0 amide bonds. The number of halogens is 2. The summed E-state index contributed by atoms with van der Waals surface area (Å²) in [4.78, 5) is 0. The maximum absolute atomic E-state index is 12.4. The van der Waals surface area contributed by atoms with E-state index in [2.05, 4.69) is 5.32 Å². The van der Waals surface area contributed by atoms with Crippen molar-refractivity contribution in [3.8, 4) is 0 Å². The van der Waals surface area contributed by atoms with Crippen LogP contribution in [0.15, 0.2) is 0 Å². The number of rotatable bonds is 3. The van der Waals surface area contributed by atoms with Gasteiger partial charge in [0, 0.05) is 24.9 Å². The van der Waals surface area contributed by atoms with Crippen LogP contribution in [0.1, 0.15) is 25.7 Å². The van der Waals surface area contributed by atoms with E-state index in [0.29, 0.717) is 12.0 Å². The average Bonchev–Trinajstić information content (AvgIpc) is 1.91. The minimum absolute atomic E-state index is 0.0196. The molecule has 4 heteroatoms. The highest BCUT2D eigenvalue weighted by Gasteiger charge is 2.45. The summed E-state index contributed by atoms with van der Waals surface area (Å²) in [6.45, 7) is 0.869. The van der Waals surface area contributed by atoms with E-state index >= 15 is 0 Å². The summed E-state index contributed by atoms with van der Waals surface area (Å²) in [7, 11) is 0. The Bertz CT molecular complexity index is 182. The molecule has 2 rings (SSSR count). The second kappa shape index (κ2) is 3.17. The van der Waals surface area contributed by atoms with Gasteiger partial charge in [-0.25, -0.2) is 8.78 Å². The van der Waals surface area contributed by atoms with Gasteiger partial charge in [0.2, 0.25) is 0 Å². The Labute approximate surface area is 76.9 Å². The van der Waals surface area contributed by atoms with Crippen molar-refractivity contribution in [1.29, 1.82) is 0 Å². The monoisotopic (exact) mass is 190 g/mol. The second-order valence-electron chi connectivity index (χ2n) is 4.47. The molecule has 0 radical (unpaired) electrons. The number of alkyl halides is 2. The van der Waals surface area contributed by atoms with Gasteiger partial charge in [0.25, 0.3) is 5.92 Å². The maximum atomic E-state index is 12.4. The van der Waals surface area contributed by atoms with E-state index in [1.165, 1.54) is 0 Å². The van der Waals surface area contributed by atoms with Crippen molar-refractivity contribution in [2.24, 2.45) is 11.7 Å². The SMILES string of the molecule is NC1CC(CNC2CC(F)(F)C2)C1. The quantitative estimate of drug-likeness (QED) is 0.699. The van der Waals surface area contributed by atoms with Gasteiger partial charge in [-0.2, -0.15) is 0 Å². The van der Waals surface area contributed by atoms with Gasteiger partial charge < -0.3 is 11.1 Å². The first-order valence-electron chi connectivity index (χ1n) is 4.92. The molecule has 2 aliphatic rings. The first kappa shape index (κ1) is 9.34. The lowest BCUT2D eigenvalue weighted by Gasteiger charge is -2.39. The van der Waals surface area contributed by atoms with E-state index in [9.17, 15) is 8.78 Å². The second-order valence-corrected chi connectivity index (χ2v) is 4.47. The molecular weight excluding hydrogens is 174 g/mol. The van der Waals surface area contributed by atoms with E-state index in [0.717, 1.165) is 19.4 Å². The van der Waals surface area contributed by atoms with E-state index in [-0.39, 0.29) is 18.9 Å². The number of nitrogens with one attached hydrogen (secondary N) is 1. The minimum Gasteiger partial charge on any atom is -0.328 e. The molecule has 0 bridgehead atoms. The zero-order valence-corrected chi connectivity index (χ0v) is 7.60. The summed E-state index contributed by atoms with van der Waals surface area (Å²) in [6, 6.07) is 0.404. The molecule has 0 aromatic carbocycles. The van der Waals surface area contributed by atoms with E-state index < -0.39 is 5.92 Å². The predicted molar refractivity (Wildman–Crippen MR) is 46.7 cm³/mol. The molecule has 2 fully saturated rings.